The third kappa shape index (κ3) is 6.64. The van der Waals surface area contributed by atoms with Gasteiger partial charge < -0.3 is 14.3 Å². The molecule has 4 nitrogen and oxygen atoms in total. The van der Waals surface area contributed by atoms with Crippen molar-refractivity contribution in [3.05, 3.63) is 0 Å². The smallest absolute Gasteiger partial charge is 0.324 e. The van der Waals surface area contributed by atoms with Crippen molar-refractivity contribution in [2.75, 3.05) is 26.3 Å². The molecule has 0 bridgehead atoms. The van der Waals surface area contributed by atoms with Crippen LogP contribution in [-0.4, -0.2) is 46.6 Å². The molecule has 0 aliphatic rings. The van der Waals surface area contributed by atoms with Crippen molar-refractivity contribution < 1.29 is 18.8 Å². The lowest BCUT2D eigenvalue weighted by molar-refractivity contribution is -0.928. The van der Waals surface area contributed by atoms with Gasteiger partial charge in [-0.05, 0) is 26.2 Å². The number of nitrogens with zero attached hydrogens (tertiary/aromatic N) is 1. The zero-order chi connectivity index (χ0) is 13.0. The predicted molar refractivity (Wildman–Crippen MR) is 67.4 cm³/mol. The highest BCUT2D eigenvalue weighted by molar-refractivity contribution is 7.51. The maximum Gasteiger partial charge on any atom is 0.331 e. The topological polar surface area (TPSA) is 57.5 Å². The van der Waals surface area contributed by atoms with Gasteiger partial charge in [-0.2, -0.15) is 0 Å². The molecule has 0 saturated carbocycles. The Morgan fingerprint density at radius 1 is 1.12 bits per heavy atom. The first kappa shape index (κ1) is 16.1. The monoisotopic (exact) mass is 252 g/mol. The van der Waals surface area contributed by atoms with E-state index in [0.29, 0.717) is 18.5 Å². The lowest BCUT2D eigenvalue weighted by atomic mass is 10.1. The zero-order valence-corrected chi connectivity index (χ0v) is 12.1. The molecule has 0 rings (SSSR count). The lowest BCUT2D eigenvalue weighted by Crippen LogP contribution is -2.52. The van der Waals surface area contributed by atoms with Crippen molar-refractivity contribution in [2.45, 2.75) is 40.2 Å². The quantitative estimate of drug-likeness (QED) is 0.538. The van der Waals surface area contributed by atoms with Gasteiger partial charge in [0.25, 0.3) is 0 Å². The fourth-order valence-electron chi connectivity index (χ4n) is 1.54. The maximum atomic E-state index is 10.9. The highest BCUT2D eigenvalue weighted by Gasteiger charge is 2.29. The molecule has 0 fully saturated rings. The second-order valence-corrected chi connectivity index (χ2v) is 7.37. The normalized spacial score (nSPS) is 16.8. The molecule has 0 saturated heterocycles. The van der Waals surface area contributed by atoms with Gasteiger partial charge >= 0.3 is 7.60 Å². The summed E-state index contributed by atoms with van der Waals surface area (Å²) in [5, 5.41) is 0. The Bertz CT molecular complexity index is 250. The molecule has 0 aromatic rings. The van der Waals surface area contributed by atoms with Gasteiger partial charge in [-0.25, -0.2) is 0 Å². The van der Waals surface area contributed by atoms with Crippen LogP contribution in [-0.2, 0) is 4.57 Å². The molecule has 0 aromatic carbocycles. The molecule has 0 heterocycles. The van der Waals surface area contributed by atoms with Crippen molar-refractivity contribution in [1.82, 2.24) is 0 Å². The highest BCUT2D eigenvalue weighted by Crippen LogP contribution is 2.35. The SMILES string of the molecule is CC(C)CC[N+](C)(CCP(=O)(O)O)C(C)C. The van der Waals surface area contributed by atoms with Crippen LogP contribution in [0.2, 0.25) is 0 Å². The average Bonchev–Trinajstić information content (AvgIpc) is 2.10. The Morgan fingerprint density at radius 3 is 1.94 bits per heavy atom. The summed E-state index contributed by atoms with van der Waals surface area (Å²) in [6.07, 6.45) is 1.08. The fraction of sp³-hybridized carbons (Fsp3) is 1.00. The van der Waals surface area contributed by atoms with E-state index in [1.807, 2.05) is 0 Å². The molecule has 0 aromatic heterocycles. The Balaban J connectivity index is 4.39. The number of hydrogen-bond donors (Lipinski definition) is 2. The van der Waals surface area contributed by atoms with E-state index >= 15 is 0 Å². The largest absolute Gasteiger partial charge is 0.331 e. The van der Waals surface area contributed by atoms with E-state index < -0.39 is 7.60 Å². The van der Waals surface area contributed by atoms with E-state index in [2.05, 4.69) is 34.7 Å². The minimum absolute atomic E-state index is 0.0141. The average molecular weight is 252 g/mol. The zero-order valence-electron chi connectivity index (χ0n) is 11.2. The second kappa shape index (κ2) is 6.15. The third-order valence-corrected chi connectivity index (χ3v) is 4.15. The minimum atomic E-state index is -3.86. The van der Waals surface area contributed by atoms with Crippen LogP contribution >= 0.6 is 7.60 Å². The Kier molecular flexibility index (Phi) is 6.20. The molecule has 2 N–H and O–H groups in total. The van der Waals surface area contributed by atoms with Crippen LogP contribution in [0.25, 0.3) is 0 Å². The highest BCUT2D eigenvalue weighted by atomic mass is 31.2. The van der Waals surface area contributed by atoms with Crippen molar-refractivity contribution in [1.29, 1.82) is 0 Å². The summed E-state index contributed by atoms with van der Waals surface area (Å²) in [6, 6.07) is 0.394. The minimum Gasteiger partial charge on any atom is -0.324 e. The summed E-state index contributed by atoms with van der Waals surface area (Å²) in [4.78, 5) is 17.9. The molecule has 98 valence electrons. The van der Waals surface area contributed by atoms with Gasteiger partial charge in [0.15, 0.2) is 0 Å². The van der Waals surface area contributed by atoms with Gasteiger partial charge in [-0.3, -0.25) is 4.57 Å². The first-order valence-electron chi connectivity index (χ1n) is 5.95. The molecular formula is C11H27NO3P+. The summed E-state index contributed by atoms with van der Waals surface area (Å²) >= 11 is 0. The van der Waals surface area contributed by atoms with Crippen molar-refractivity contribution in [3.63, 3.8) is 0 Å². The van der Waals surface area contributed by atoms with Crippen molar-refractivity contribution in [3.8, 4) is 0 Å². The van der Waals surface area contributed by atoms with Gasteiger partial charge in [-0.15, -0.1) is 0 Å². The standard InChI is InChI=1S/C11H26NO3P/c1-10(2)6-7-12(5,11(3)4)8-9-16(13,14)15/h10-11H,6-9H2,1-5H3,(H-,13,14,15)/p+1. The van der Waals surface area contributed by atoms with Crippen LogP contribution in [0.5, 0.6) is 0 Å². The van der Waals surface area contributed by atoms with Gasteiger partial charge in [0, 0.05) is 0 Å². The van der Waals surface area contributed by atoms with E-state index in [9.17, 15) is 4.57 Å². The summed E-state index contributed by atoms with van der Waals surface area (Å²) < 4.78 is 11.7. The molecule has 0 aliphatic carbocycles. The van der Waals surface area contributed by atoms with Gasteiger partial charge in [0.2, 0.25) is 0 Å². The van der Waals surface area contributed by atoms with Crippen molar-refractivity contribution in [2.24, 2.45) is 5.92 Å². The van der Waals surface area contributed by atoms with Gasteiger partial charge in [0.05, 0.1) is 32.3 Å². The lowest BCUT2D eigenvalue weighted by Gasteiger charge is -2.39. The molecule has 16 heavy (non-hydrogen) atoms. The van der Waals surface area contributed by atoms with E-state index in [-0.39, 0.29) is 6.16 Å². The number of hydrogen-bond acceptors (Lipinski definition) is 1. The third-order valence-electron chi connectivity index (χ3n) is 3.37. The van der Waals surface area contributed by atoms with E-state index in [1.165, 1.54) is 0 Å². The molecule has 0 amide bonds. The predicted octanol–water partition coefficient (Wildman–Crippen LogP) is 2.07. The van der Waals surface area contributed by atoms with E-state index in [4.69, 9.17) is 9.79 Å². The molecule has 1 atom stereocenters. The first-order valence-corrected chi connectivity index (χ1v) is 7.75. The van der Waals surface area contributed by atoms with Gasteiger partial charge in [-0.1, -0.05) is 13.8 Å². The molecule has 0 aliphatic heterocycles. The molecule has 5 heteroatoms. The number of quaternary nitrogens is 1. The summed E-state index contributed by atoms with van der Waals surface area (Å²) in [5.41, 5.74) is 0. The van der Waals surface area contributed by atoms with E-state index in [1.54, 1.807) is 0 Å². The van der Waals surface area contributed by atoms with Crippen LogP contribution in [0, 0.1) is 5.92 Å². The van der Waals surface area contributed by atoms with E-state index in [0.717, 1.165) is 17.4 Å². The fourth-order valence-corrected chi connectivity index (χ4v) is 2.26. The molecule has 0 spiro atoms. The van der Waals surface area contributed by atoms with Crippen LogP contribution < -0.4 is 0 Å². The second-order valence-electron chi connectivity index (χ2n) is 5.59. The summed E-state index contributed by atoms with van der Waals surface area (Å²) in [7, 11) is -1.78. The maximum absolute atomic E-state index is 10.9. The van der Waals surface area contributed by atoms with Crippen LogP contribution in [0.3, 0.4) is 0 Å². The van der Waals surface area contributed by atoms with Crippen LogP contribution in [0.1, 0.15) is 34.1 Å². The van der Waals surface area contributed by atoms with Crippen molar-refractivity contribution >= 4 is 7.60 Å². The van der Waals surface area contributed by atoms with Crippen LogP contribution in [0.15, 0.2) is 0 Å². The Hall–Kier alpha value is 0.110. The molecule has 1 unspecified atom stereocenters. The molecule has 0 radical (unpaired) electrons. The Labute approximate surface area is 99.4 Å². The Morgan fingerprint density at radius 2 is 1.62 bits per heavy atom. The number of rotatable bonds is 7. The molecular weight excluding hydrogens is 225 g/mol. The van der Waals surface area contributed by atoms with Crippen LogP contribution in [0.4, 0.5) is 0 Å². The first-order chi connectivity index (χ1) is 7.07. The summed E-state index contributed by atoms with van der Waals surface area (Å²) in [5.74, 6) is 0.631. The van der Waals surface area contributed by atoms with Gasteiger partial charge in [0.1, 0.15) is 0 Å². The summed E-state index contributed by atoms with van der Waals surface area (Å²) in [6.45, 7) is 10.1.